The van der Waals surface area contributed by atoms with Gasteiger partial charge in [0.1, 0.15) is 4.90 Å². The van der Waals surface area contributed by atoms with E-state index in [1.54, 1.807) is 7.11 Å². The molecule has 26 heavy (non-hydrogen) atoms. The Morgan fingerprint density at radius 3 is 2.73 bits per heavy atom. The first kappa shape index (κ1) is 20.4. The van der Waals surface area contributed by atoms with E-state index in [4.69, 9.17) is 9.84 Å². The lowest BCUT2D eigenvalue weighted by Gasteiger charge is -2.15. The van der Waals surface area contributed by atoms with Gasteiger partial charge in [0.05, 0.1) is 17.9 Å². The number of nitrogens with one attached hydrogen (secondary N) is 2. The maximum atomic E-state index is 12.7. The molecule has 0 spiro atoms. The van der Waals surface area contributed by atoms with Crippen molar-refractivity contribution in [3.63, 3.8) is 0 Å². The Labute approximate surface area is 154 Å². The molecule has 1 aliphatic rings. The van der Waals surface area contributed by atoms with Crippen molar-refractivity contribution in [1.29, 1.82) is 0 Å². The lowest BCUT2D eigenvalue weighted by atomic mass is 9.97. The number of hydrogen-bond acceptors (Lipinski definition) is 5. The minimum atomic E-state index is -3.83. The first-order valence-corrected chi connectivity index (χ1v) is 10.2. The average Bonchev–Trinajstić information content (AvgIpc) is 2.62. The molecule has 0 heterocycles. The molecule has 0 atom stereocenters. The minimum Gasteiger partial charge on any atom is -0.478 e. The van der Waals surface area contributed by atoms with E-state index in [9.17, 15) is 13.2 Å². The Bertz CT molecular complexity index is 759. The summed E-state index contributed by atoms with van der Waals surface area (Å²) in [4.78, 5) is 11.1. The summed E-state index contributed by atoms with van der Waals surface area (Å²) in [5.74, 6) is -1.17. The Kier molecular flexibility index (Phi) is 7.62. The number of rotatable bonds is 10. The summed E-state index contributed by atoms with van der Waals surface area (Å²) < 4.78 is 33.0. The highest BCUT2D eigenvalue weighted by atomic mass is 32.2. The molecule has 2 rings (SSSR count). The van der Waals surface area contributed by atoms with E-state index < -0.39 is 16.0 Å². The first-order valence-electron chi connectivity index (χ1n) is 8.72. The zero-order valence-corrected chi connectivity index (χ0v) is 15.8. The van der Waals surface area contributed by atoms with Gasteiger partial charge in [0.2, 0.25) is 10.0 Å². The average molecular weight is 382 g/mol. The van der Waals surface area contributed by atoms with Crippen LogP contribution in [-0.2, 0) is 14.8 Å². The van der Waals surface area contributed by atoms with Crippen LogP contribution in [0.3, 0.4) is 0 Å². The number of allylic oxidation sites excluding steroid dienone is 1. The van der Waals surface area contributed by atoms with Crippen molar-refractivity contribution in [3.05, 3.63) is 35.4 Å². The number of anilines is 1. The van der Waals surface area contributed by atoms with E-state index in [-0.39, 0.29) is 10.5 Å². The molecule has 0 amide bonds. The smallest absolute Gasteiger partial charge is 0.335 e. The molecule has 0 saturated carbocycles. The number of sulfonamides is 1. The number of carboxylic acids is 1. The van der Waals surface area contributed by atoms with Gasteiger partial charge in [-0.05, 0) is 50.3 Å². The third-order valence-electron chi connectivity index (χ3n) is 4.26. The lowest BCUT2D eigenvalue weighted by molar-refractivity contribution is 0.0696. The number of methoxy groups -OCH3 is 1. The SMILES string of the molecule is COCCNc1ccc(C(=O)O)cc1S(=O)(=O)NCCC1=CCCCC1. The van der Waals surface area contributed by atoms with E-state index in [2.05, 4.69) is 16.1 Å². The Hall–Kier alpha value is -1.90. The van der Waals surface area contributed by atoms with Gasteiger partial charge >= 0.3 is 5.97 Å². The molecular formula is C18H26N2O5S. The van der Waals surface area contributed by atoms with E-state index in [1.807, 2.05) is 0 Å². The predicted molar refractivity (Wildman–Crippen MR) is 100 cm³/mol. The van der Waals surface area contributed by atoms with Gasteiger partial charge in [0, 0.05) is 20.2 Å². The third-order valence-corrected chi connectivity index (χ3v) is 5.76. The summed E-state index contributed by atoms with van der Waals surface area (Å²) >= 11 is 0. The zero-order chi connectivity index (χ0) is 19.0. The molecule has 0 aliphatic heterocycles. The highest BCUT2D eigenvalue weighted by Crippen LogP contribution is 2.24. The number of hydrogen-bond donors (Lipinski definition) is 3. The van der Waals surface area contributed by atoms with Crippen LogP contribution in [0.15, 0.2) is 34.7 Å². The number of carbonyl (C=O) groups is 1. The second-order valence-corrected chi connectivity index (χ2v) is 7.93. The molecule has 1 aliphatic carbocycles. The van der Waals surface area contributed by atoms with Crippen molar-refractivity contribution < 1.29 is 23.1 Å². The van der Waals surface area contributed by atoms with Crippen molar-refractivity contribution in [2.45, 2.75) is 37.0 Å². The predicted octanol–water partition coefficient (Wildman–Crippen LogP) is 2.61. The first-order chi connectivity index (χ1) is 12.4. The van der Waals surface area contributed by atoms with Gasteiger partial charge in [-0.1, -0.05) is 11.6 Å². The van der Waals surface area contributed by atoms with Gasteiger partial charge in [-0.25, -0.2) is 17.9 Å². The third kappa shape index (κ3) is 5.82. The van der Waals surface area contributed by atoms with Gasteiger partial charge < -0.3 is 15.2 Å². The largest absolute Gasteiger partial charge is 0.478 e. The van der Waals surface area contributed by atoms with Crippen LogP contribution < -0.4 is 10.0 Å². The van der Waals surface area contributed by atoms with Crippen LogP contribution in [0.1, 0.15) is 42.5 Å². The van der Waals surface area contributed by atoms with Crippen LogP contribution in [0.2, 0.25) is 0 Å². The van der Waals surface area contributed by atoms with Gasteiger partial charge in [-0.3, -0.25) is 0 Å². The van der Waals surface area contributed by atoms with Crippen molar-refractivity contribution in [2.75, 3.05) is 32.1 Å². The van der Waals surface area contributed by atoms with Gasteiger partial charge in [-0.2, -0.15) is 0 Å². The molecular weight excluding hydrogens is 356 g/mol. The summed E-state index contributed by atoms with van der Waals surface area (Å²) in [6.45, 7) is 1.11. The molecule has 144 valence electrons. The summed E-state index contributed by atoms with van der Waals surface area (Å²) in [5, 5.41) is 12.1. The van der Waals surface area contributed by atoms with Crippen LogP contribution in [0.4, 0.5) is 5.69 Å². The molecule has 0 radical (unpaired) electrons. The summed E-state index contributed by atoms with van der Waals surface area (Å²) in [7, 11) is -2.28. The maximum Gasteiger partial charge on any atom is 0.335 e. The maximum absolute atomic E-state index is 12.7. The monoisotopic (exact) mass is 382 g/mol. The van der Waals surface area contributed by atoms with E-state index >= 15 is 0 Å². The molecule has 3 N–H and O–H groups in total. The fourth-order valence-corrected chi connectivity index (χ4v) is 4.11. The fourth-order valence-electron chi connectivity index (χ4n) is 2.87. The minimum absolute atomic E-state index is 0.0638. The van der Waals surface area contributed by atoms with Crippen molar-refractivity contribution in [3.8, 4) is 0 Å². The molecule has 0 unspecified atom stereocenters. The number of benzene rings is 1. The van der Waals surface area contributed by atoms with Gasteiger partial charge in [-0.15, -0.1) is 0 Å². The molecule has 0 aromatic heterocycles. The van der Waals surface area contributed by atoms with Crippen molar-refractivity contribution >= 4 is 21.7 Å². The van der Waals surface area contributed by atoms with Crippen molar-refractivity contribution in [1.82, 2.24) is 4.72 Å². The highest BCUT2D eigenvalue weighted by molar-refractivity contribution is 7.89. The van der Waals surface area contributed by atoms with Crippen LogP contribution in [-0.4, -0.2) is 46.3 Å². The molecule has 1 aromatic carbocycles. The molecule has 0 fully saturated rings. The number of ether oxygens (including phenoxy) is 1. The highest BCUT2D eigenvalue weighted by Gasteiger charge is 2.20. The second kappa shape index (κ2) is 9.70. The van der Waals surface area contributed by atoms with E-state index in [0.717, 1.165) is 19.3 Å². The molecule has 0 saturated heterocycles. The standard InChI is InChI=1S/C18H26N2O5S/c1-25-12-11-19-16-8-7-15(18(21)22)13-17(16)26(23,24)20-10-9-14-5-3-2-4-6-14/h5,7-8,13,19-20H,2-4,6,9-12H2,1H3,(H,21,22). The van der Waals surface area contributed by atoms with Crippen LogP contribution in [0, 0.1) is 0 Å². The zero-order valence-electron chi connectivity index (χ0n) is 15.0. The van der Waals surface area contributed by atoms with Crippen LogP contribution >= 0.6 is 0 Å². The Balaban J connectivity index is 2.14. The Morgan fingerprint density at radius 2 is 2.08 bits per heavy atom. The molecule has 0 bridgehead atoms. The number of carboxylic acid groups (broad SMARTS) is 1. The second-order valence-electron chi connectivity index (χ2n) is 6.19. The molecule has 7 nitrogen and oxygen atoms in total. The summed E-state index contributed by atoms with van der Waals surface area (Å²) in [5.41, 5.74) is 1.56. The molecule has 1 aromatic rings. The summed E-state index contributed by atoms with van der Waals surface area (Å²) in [6, 6.07) is 4.03. The number of aromatic carboxylic acids is 1. The van der Waals surface area contributed by atoms with Crippen molar-refractivity contribution in [2.24, 2.45) is 0 Å². The van der Waals surface area contributed by atoms with E-state index in [1.165, 1.54) is 30.2 Å². The van der Waals surface area contributed by atoms with Crippen LogP contribution in [0.25, 0.3) is 0 Å². The Morgan fingerprint density at radius 1 is 1.27 bits per heavy atom. The van der Waals surface area contributed by atoms with Gasteiger partial charge in [0.25, 0.3) is 0 Å². The normalized spacial score (nSPS) is 14.7. The van der Waals surface area contributed by atoms with E-state index in [0.29, 0.717) is 31.8 Å². The fraction of sp³-hybridized carbons (Fsp3) is 0.500. The summed E-state index contributed by atoms with van der Waals surface area (Å²) in [6.07, 6.45) is 7.25. The topological polar surface area (TPSA) is 105 Å². The quantitative estimate of drug-likeness (QED) is 0.424. The van der Waals surface area contributed by atoms with Gasteiger partial charge in [0.15, 0.2) is 0 Å². The lowest BCUT2D eigenvalue weighted by Crippen LogP contribution is -2.26. The van der Waals surface area contributed by atoms with Crippen LogP contribution in [0.5, 0.6) is 0 Å². The molecule has 8 heteroatoms.